The van der Waals surface area contributed by atoms with E-state index in [0.29, 0.717) is 29.2 Å². The van der Waals surface area contributed by atoms with Crippen LogP contribution in [0.5, 0.6) is 5.75 Å². The highest BCUT2D eigenvalue weighted by molar-refractivity contribution is 6.00. The van der Waals surface area contributed by atoms with Crippen LogP contribution >= 0.6 is 0 Å². The monoisotopic (exact) mass is 407 g/mol. The van der Waals surface area contributed by atoms with Gasteiger partial charge in [-0.2, -0.15) is 0 Å². The zero-order valence-electron chi connectivity index (χ0n) is 17.8. The predicted octanol–water partition coefficient (Wildman–Crippen LogP) is 4.72. The molecule has 1 heterocycles. The number of carbonyl (C=O) groups excluding carboxylic acids is 2. The zero-order valence-corrected chi connectivity index (χ0v) is 17.8. The molecule has 0 amide bonds. The third-order valence-corrected chi connectivity index (χ3v) is 4.71. The normalized spacial score (nSPS) is 11.4. The van der Waals surface area contributed by atoms with Crippen LogP contribution in [0.15, 0.2) is 48.5 Å². The molecule has 0 spiro atoms. The van der Waals surface area contributed by atoms with Gasteiger partial charge in [-0.3, -0.25) is 0 Å². The van der Waals surface area contributed by atoms with Crippen LogP contribution in [0.1, 0.15) is 36.7 Å². The number of ether oxygens (including phenoxy) is 3. The molecule has 0 N–H and O–H groups in total. The second kappa shape index (κ2) is 8.63. The molecule has 3 rings (SSSR count). The van der Waals surface area contributed by atoms with E-state index < -0.39 is 17.5 Å². The summed E-state index contributed by atoms with van der Waals surface area (Å²) < 4.78 is 15.8. The van der Waals surface area contributed by atoms with Crippen LogP contribution in [-0.2, 0) is 14.3 Å². The molecule has 0 unspecified atom stereocenters. The molecule has 0 saturated carbocycles. The fraction of sp³-hybridized carbons (Fsp3) is 0.292. The lowest BCUT2D eigenvalue weighted by Crippen LogP contribution is -2.38. The van der Waals surface area contributed by atoms with Crippen LogP contribution < -0.4 is 4.74 Å². The molecule has 0 aliphatic carbocycles. The van der Waals surface area contributed by atoms with E-state index in [9.17, 15) is 9.59 Å². The maximum absolute atomic E-state index is 12.4. The van der Waals surface area contributed by atoms with Crippen molar-refractivity contribution >= 4 is 22.8 Å². The molecule has 0 aliphatic heterocycles. The van der Waals surface area contributed by atoms with Gasteiger partial charge in [0.15, 0.2) is 5.60 Å². The van der Waals surface area contributed by atoms with Crippen molar-refractivity contribution in [2.75, 3.05) is 13.7 Å². The first-order valence-electron chi connectivity index (χ1n) is 9.71. The minimum atomic E-state index is -1.04. The van der Waals surface area contributed by atoms with Gasteiger partial charge in [0, 0.05) is 17.6 Å². The molecule has 0 bridgehead atoms. The summed E-state index contributed by atoms with van der Waals surface area (Å²) in [4.78, 5) is 29.4. The topological polar surface area (TPSA) is 74.7 Å². The van der Waals surface area contributed by atoms with E-state index in [0.717, 1.165) is 16.5 Å². The van der Waals surface area contributed by atoms with E-state index in [4.69, 9.17) is 19.2 Å². The number of hydrogen-bond acceptors (Lipinski definition) is 6. The first kappa shape index (κ1) is 21.5. The highest BCUT2D eigenvalue weighted by atomic mass is 16.6. The van der Waals surface area contributed by atoms with Crippen molar-refractivity contribution in [1.82, 2.24) is 4.98 Å². The van der Waals surface area contributed by atoms with Crippen molar-refractivity contribution in [3.05, 3.63) is 59.7 Å². The number of fused-ring (bicyclic) bond motifs is 1. The first-order chi connectivity index (χ1) is 14.2. The second-order valence-corrected chi connectivity index (χ2v) is 7.43. The summed E-state index contributed by atoms with van der Waals surface area (Å²) in [6, 6.07) is 14.5. The molecule has 0 atom stereocenters. The molecular weight excluding hydrogens is 382 g/mol. The quantitative estimate of drug-likeness (QED) is 0.435. The summed E-state index contributed by atoms with van der Waals surface area (Å²) in [5.74, 6) is -0.562. The number of benzene rings is 2. The Balaban J connectivity index is 1.97. The lowest BCUT2D eigenvalue weighted by atomic mass is 10.0. The molecule has 2 aromatic carbocycles. The van der Waals surface area contributed by atoms with E-state index in [2.05, 4.69) is 0 Å². The molecule has 3 aromatic rings. The Bertz CT molecular complexity index is 1090. The van der Waals surface area contributed by atoms with E-state index in [1.54, 1.807) is 44.2 Å². The lowest BCUT2D eigenvalue weighted by molar-refractivity contribution is -0.157. The van der Waals surface area contributed by atoms with Crippen molar-refractivity contribution in [1.29, 1.82) is 0 Å². The van der Waals surface area contributed by atoms with Crippen molar-refractivity contribution < 1.29 is 23.8 Å². The number of aryl methyl sites for hydroxylation is 1. The maximum Gasteiger partial charge on any atom is 0.343 e. The molecule has 0 radical (unpaired) electrons. The van der Waals surface area contributed by atoms with Crippen molar-refractivity contribution in [3.63, 3.8) is 0 Å². The fourth-order valence-corrected chi connectivity index (χ4v) is 3.09. The van der Waals surface area contributed by atoms with E-state index in [1.165, 1.54) is 7.11 Å². The molecule has 0 fully saturated rings. The van der Waals surface area contributed by atoms with Gasteiger partial charge in [0.25, 0.3) is 0 Å². The van der Waals surface area contributed by atoms with Gasteiger partial charge in [-0.1, -0.05) is 12.1 Å². The van der Waals surface area contributed by atoms with Gasteiger partial charge in [-0.05, 0) is 69.7 Å². The van der Waals surface area contributed by atoms with Crippen LogP contribution in [0.4, 0.5) is 0 Å². The number of nitrogens with zero attached hydrogens (tertiary/aromatic N) is 1. The third kappa shape index (κ3) is 4.49. The van der Waals surface area contributed by atoms with Crippen molar-refractivity contribution in [2.45, 2.75) is 33.3 Å². The lowest BCUT2D eigenvalue weighted by Gasteiger charge is -2.22. The Morgan fingerprint density at radius 3 is 2.37 bits per heavy atom. The Kier molecular flexibility index (Phi) is 6.17. The van der Waals surface area contributed by atoms with E-state index >= 15 is 0 Å². The first-order valence-corrected chi connectivity index (χ1v) is 9.71. The molecule has 6 heteroatoms. The number of pyridine rings is 1. The highest BCUT2D eigenvalue weighted by Crippen LogP contribution is 2.29. The Morgan fingerprint density at radius 2 is 1.73 bits per heavy atom. The number of carbonyl (C=O) groups is 2. The Labute approximate surface area is 175 Å². The van der Waals surface area contributed by atoms with Gasteiger partial charge in [-0.25, -0.2) is 14.6 Å². The zero-order chi connectivity index (χ0) is 21.9. The van der Waals surface area contributed by atoms with E-state index in [1.807, 2.05) is 32.0 Å². The molecule has 0 saturated heterocycles. The van der Waals surface area contributed by atoms with Gasteiger partial charge in [-0.15, -0.1) is 0 Å². The van der Waals surface area contributed by atoms with Crippen LogP contribution in [0.2, 0.25) is 0 Å². The van der Waals surface area contributed by atoms with Gasteiger partial charge in [0.05, 0.1) is 23.9 Å². The van der Waals surface area contributed by atoms with Gasteiger partial charge >= 0.3 is 11.9 Å². The molecule has 30 heavy (non-hydrogen) atoms. The Morgan fingerprint density at radius 1 is 1.03 bits per heavy atom. The molecular formula is C24H25NO5. The van der Waals surface area contributed by atoms with Crippen molar-refractivity contribution in [2.24, 2.45) is 0 Å². The smallest absolute Gasteiger partial charge is 0.343 e. The Hall–Kier alpha value is -3.25. The number of hydrogen-bond donors (Lipinski definition) is 0. The van der Waals surface area contributed by atoms with Crippen LogP contribution in [-0.4, -0.2) is 36.2 Å². The van der Waals surface area contributed by atoms with Crippen molar-refractivity contribution in [3.8, 4) is 17.0 Å². The summed E-state index contributed by atoms with van der Waals surface area (Å²) in [7, 11) is 1.34. The van der Waals surface area contributed by atoms with Gasteiger partial charge in [0.1, 0.15) is 5.75 Å². The summed E-state index contributed by atoms with van der Waals surface area (Å²) in [6.07, 6.45) is 0. The number of methoxy groups -OCH3 is 1. The SMILES string of the molecule is CCOC(C)(C)C(=O)Oc1ccc(-c2nc3cc(C)ccc3cc2C(=O)OC)cc1. The molecule has 156 valence electrons. The number of rotatable bonds is 6. The molecule has 1 aromatic heterocycles. The average Bonchev–Trinajstić information content (AvgIpc) is 2.72. The van der Waals surface area contributed by atoms with Gasteiger partial charge in [0.2, 0.25) is 0 Å². The summed E-state index contributed by atoms with van der Waals surface area (Å²) >= 11 is 0. The molecule has 6 nitrogen and oxygen atoms in total. The van der Waals surface area contributed by atoms with Crippen LogP contribution in [0.25, 0.3) is 22.2 Å². The summed E-state index contributed by atoms with van der Waals surface area (Å²) in [6.45, 7) is 7.54. The molecule has 0 aliphatic rings. The number of esters is 2. The average molecular weight is 407 g/mol. The fourth-order valence-electron chi connectivity index (χ4n) is 3.09. The minimum absolute atomic E-state index is 0.371. The summed E-state index contributed by atoms with van der Waals surface area (Å²) in [5.41, 5.74) is 2.41. The van der Waals surface area contributed by atoms with E-state index in [-0.39, 0.29) is 0 Å². The van der Waals surface area contributed by atoms with Crippen LogP contribution in [0, 0.1) is 6.92 Å². The minimum Gasteiger partial charge on any atom is -0.465 e. The standard InChI is InChI=1S/C24H25NO5/c1-6-29-24(3,4)23(27)30-18-11-9-16(10-12-18)21-19(22(26)28-5)14-17-8-7-15(2)13-20(17)25-21/h7-14H,6H2,1-5H3. The maximum atomic E-state index is 12.4. The summed E-state index contributed by atoms with van der Waals surface area (Å²) in [5, 5.41) is 0.855. The number of aromatic nitrogens is 1. The second-order valence-electron chi connectivity index (χ2n) is 7.43. The van der Waals surface area contributed by atoms with Gasteiger partial charge < -0.3 is 14.2 Å². The third-order valence-electron chi connectivity index (χ3n) is 4.71. The largest absolute Gasteiger partial charge is 0.465 e. The predicted molar refractivity (Wildman–Crippen MR) is 115 cm³/mol. The van der Waals surface area contributed by atoms with Crippen LogP contribution in [0.3, 0.4) is 0 Å². The highest BCUT2D eigenvalue weighted by Gasteiger charge is 2.30.